The number of rotatable bonds is 10. The zero-order valence-corrected chi connectivity index (χ0v) is 19.8. The van der Waals surface area contributed by atoms with Gasteiger partial charge in [-0.3, -0.25) is 4.79 Å². The Hall–Kier alpha value is -4.54. The Balaban J connectivity index is 1.41. The molecule has 0 saturated carbocycles. The smallest absolute Gasteiger partial charge is 0.251 e. The molecule has 11 heteroatoms. The van der Waals surface area contributed by atoms with E-state index in [9.17, 15) is 4.79 Å². The van der Waals surface area contributed by atoms with E-state index in [1.807, 2.05) is 24.3 Å². The van der Waals surface area contributed by atoms with Crippen LogP contribution in [0.1, 0.15) is 10.4 Å². The lowest BCUT2D eigenvalue weighted by atomic mass is 10.1. The molecule has 4 rings (SSSR count). The van der Waals surface area contributed by atoms with Crippen molar-refractivity contribution in [1.82, 2.24) is 25.1 Å². The van der Waals surface area contributed by atoms with E-state index >= 15 is 0 Å². The van der Waals surface area contributed by atoms with Gasteiger partial charge in [-0.2, -0.15) is 4.52 Å². The maximum atomic E-state index is 12.6. The summed E-state index contributed by atoms with van der Waals surface area (Å²) in [7, 11) is 6.09. The van der Waals surface area contributed by atoms with Gasteiger partial charge in [0, 0.05) is 17.2 Å². The summed E-state index contributed by atoms with van der Waals surface area (Å²) in [6.07, 6.45) is 0. The van der Waals surface area contributed by atoms with Gasteiger partial charge in [0.25, 0.3) is 5.91 Å². The van der Waals surface area contributed by atoms with Gasteiger partial charge in [0.1, 0.15) is 12.4 Å². The maximum absolute atomic E-state index is 12.6. The first-order chi connectivity index (χ1) is 17.1. The van der Waals surface area contributed by atoms with E-state index in [0.717, 1.165) is 5.56 Å². The molecule has 4 aromatic rings. The van der Waals surface area contributed by atoms with Crippen LogP contribution in [0.5, 0.6) is 28.9 Å². The Morgan fingerprint density at radius 2 is 1.69 bits per heavy atom. The summed E-state index contributed by atoms with van der Waals surface area (Å²) in [5.41, 5.74) is 1.75. The van der Waals surface area contributed by atoms with Gasteiger partial charge in [-0.25, -0.2) is 0 Å². The van der Waals surface area contributed by atoms with Crippen molar-refractivity contribution in [1.29, 1.82) is 0 Å². The summed E-state index contributed by atoms with van der Waals surface area (Å²) in [6.45, 7) is 0.450. The van der Waals surface area contributed by atoms with E-state index in [-0.39, 0.29) is 19.1 Å². The van der Waals surface area contributed by atoms with Gasteiger partial charge in [-0.1, -0.05) is 12.1 Å². The summed E-state index contributed by atoms with van der Waals surface area (Å²) in [6, 6.07) is 14.1. The molecule has 1 N–H and O–H groups in total. The van der Waals surface area contributed by atoms with E-state index in [1.165, 1.54) is 21.3 Å². The lowest BCUT2D eigenvalue weighted by Crippen LogP contribution is -2.28. The highest BCUT2D eigenvalue weighted by Gasteiger charge is 2.17. The lowest BCUT2D eigenvalue weighted by Gasteiger charge is -2.14. The fraction of sp³-hybridized carbons (Fsp3) is 0.250. The largest absolute Gasteiger partial charge is 0.497 e. The van der Waals surface area contributed by atoms with Crippen molar-refractivity contribution in [3.8, 4) is 40.3 Å². The first-order valence-corrected chi connectivity index (χ1v) is 10.7. The third-order valence-corrected chi connectivity index (χ3v) is 5.13. The molecule has 2 heterocycles. The molecule has 0 bridgehead atoms. The molecule has 182 valence electrons. The zero-order chi connectivity index (χ0) is 24.8. The average molecular weight is 479 g/mol. The Morgan fingerprint density at radius 3 is 2.37 bits per heavy atom. The highest BCUT2D eigenvalue weighted by molar-refractivity contribution is 5.95. The molecule has 0 unspecified atom stereocenters. The SMILES string of the molecule is COc1cccc(-c2nnc3ccc(OCCNC(=O)c4cc(OC)c(OC)c(OC)c4)nn23)c1. The van der Waals surface area contributed by atoms with Crippen LogP contribution in [-0.4, -0.2) is 67.3 Å². The van der Waals surface area contributed by atoms with Gasteiger partial charge in [0.15, 0.2) is 23.0 Å². The van der Waals surface area contributed by atoms with Crippen molar-refractivity contribution in [2.45, 2.75) is 0 Å². The monoisotopic (exact) mass is 479 g/mol. The van der Waals surface area contributed by atoms with Crippen LogP contribution in [0.15, 0.2) is 48.5 Å². The normalized spacial score (nSPS) is 10.6. The number of nitrogens with one attached hydrogen (secondary N) is 1. The number of aromatic nitrogens is 4. The molecular weight excluding hydrogens is 454 g/mol. The number of benzene rings is 2. The molecule has 2 aromatic heterocycles. The van der Waals surface area contributed by atoms with Crippen LogP contribution in [0.4, 0.5) is 0 Å². The van der Waals surface area contributed by atoms with Crippen molar-refractivity contribution in [3.63, 3.8) is 0 Å². The maximum Gasteiger partial charge on any atom is 0.251 e. The highest BCUT2D eigenvalue weighted by atomic mass is 16.5. The Kier molecular flexibility index (Phi) is 7.15. The van der Waals surface area contributed by atoms with Crippen LogP contribution in [0.2, 0.25) is 0 Å². The first-order valence-electron chi connectivity index (χ1n) is 10.7. The number of carbonyl (C=O) groups excluding carboxylic acids is 1. The minimum Gasteiger partial charge on any atom is -0.497 e. The predicted octanol–water partition coefficient (Wildman–Crippen LogP) is 2.63. The summed E-state index contributed by atoms with van der Waals surface area (Å²) >= 11 is 0. The molecule has 0 saturated heterocycles. The van der Waals surface area contributed by atoms with Gasteiger partial charge in [-0.15, -0.1) is 15.3 Å². The fourth-order valence-corrected chi connectivity index (χ4v) is 3.43. The van der Waals surface area contributed by atoms with Crippen molar-refractivity contribution in [2.75, 3.05) is 41.6 Å². The number of amides is 1. The van der Waals surface area contributed by atoms with Crippen molar-refractivity contribution < 1.29 is 28.5 Å². The van der Waals surface area contributed by atoms with Crippen molar-refractivity contribution in [3.05, 3.63) is 54.1 Å². The van der Waals surface area contributed by atoms with Gasteiger partial charge >= 0.3 is 0 Å². The molecule has 0 radical (unpaired) electrons. The van der Waals surface area contributed by atoms with E-state index in [0.29, 0.717) is 45.9 Å². The number of ether oxygens (including phenoxy) is 5. The molecular formula is C24H25N5O6. The van der Waals surface area contributed by atoms with E-state index in [4.69, 9.17) is 23.7 Å². The number of fused-ring (bicyclic) bond motifs is 1. The van der Waals surface area contributed by atoms with Crippen LogP contribution in [0.3, 0.4) is 0 Å². The Bertz CT molecular complexity index is 1310. The van der Waals surface area contributed by atoms with Gasteiger partial charge in [0.05, 0.1) is 35.0 Å². The van der Waals surface area contributed by atoms with Crippen LogP contribution < -0.4 is 29.0 Å². The Morgan fingerprint density at radius 1 is 0.914 bits per heavy atom. The molecule has 0 spiro atoms. The van der Waals surface area contributed by atoms with Gasteiger partial charge < -0.3 is 29.0 Å². The van der Waals surface area contributed by atoms with Crippen LogP contribution in [-0.2, 0) is 0 Å². The second kappa shape index (κ2) is 10.6. The number of carbonyl (C=O) groups is 1. The first kappa shape index (κ1) is 23.6. The summed E-state index contributed by atoms with van der Waals surface area (Å²) in [4.78, 5) is 12.6. The molecule has 0 fully saturated rings. The van der Waals surface area contributed by atoms with E-state index < -0.39 is 0 Å². The minimum absolute atomic E-state index is 0.200. The molecule has 0 aliphatic heterocycles. The lowest BCUT2D eigenvalue weighted by molar-refractivity contribution is 0.0945. The van der Waals surface area contributed by atoms with Crippen molar-refractivity contribution >= 4 is 11.6 Å². The number of methoxy groups -OCH3 is 4. The standard InChI is InChI=1S/C24H25N5O6/c1-31-17-7-5-6-15(12-17)23-27-26-20-8-9-21(28-29(20)23)35-11-10-25-24(30)16-13-18(32-2)22(34-4)19(14-16)33-3/h5-9,12-14H,10-11H2,1-4H3,(H,25,30). The van der Waals surface area contributed by atoms with Crippen LogP contribution >= 0.6 is 0 Å². The zero-order valence-electron chi connectivity index (χ0n) is 19.8. The predicted molar refractivity (Wildman–Crippen MR) is 127 cm³/mol. The van der Waals surface area contributed by atoms with Crippen molar-refractivity contribution in [2.24, 2.45) is 0 Å². The topological polar surface area (TPSA) is 118 Å². The van der Waals surface area contributed by atoms with Gasteiger partial charge in [-0.05, 0) is 30.3 Å². The Labute approximate surface area is 201 Å². The second-order valence-corrected chi connectivity index (χ2v) is 7.22. The molecule has 2 aromatic carbocycles. The molecule has 0 atom stereocenters. The number of hydrogen-bond donors (Lipinski definition) is 1. The molecule has 11 nitrogen and oxygen atoms in total. The second-order valence-electron chi connectivity index (χ2n) is 7.22. The quantitative estimate of drug-likeness (QED) is 0.342. The highest BCUT2D eigenvalue weighted by Crippen LogP contribution is 2.38. The van der Waals surface area contributed by atoms with Gasteiger partial charge in [0.2, 0.25) is 11.6 Å². The molecule has 35 heavy (non-hydrogen) atoms. The molecule has 0 aliphatic carbocycles. The van der Waals surface area contributed by atoms with E-state index in [1.54, 1.807) is 35.9 Å². The minimum atomic E-state index is -0.310. The molecule has 0 aliphatic rings. The number of nitrogens with zero attached hydrogens (tertiary/aromatic N) is 4. The fourth-order valence-electron chi connectivity index (χ4n) is 3.43. The summed E-state index contributed by atoms with van der Waals surface area (Å²) < 4.78 is 28.5. The van der Waals surface area contributed by atoms with Crippen LogP contribution in [0.25, 0.3) is 17.0 Å². The third kappa shape index (κ3) is 5.03. The van der Waals surface area contributed by atoms with E-state index in [2.05, 4.69) is 20.6 Å². The van der Waals surface area contributed by atoms with Crippen LogP contribution in [0, 0.1) is 0 Å². The number of hydrogen-bond acceptors (Lipinski definition) is 9. The summed E-state index contributed by atoms with van der Waals surface area (Å²) in [5, 5.41) is 15.7. The third-order valence-electron chi connectivity index (χ3n) is 5.13. The summed E-state index contributed by atoms with van der Waals surface area (Å²) in [5.74, 6) is 2.52. The molecule has 1 amide bonds. The average Bonchev–Trinajstić information content (AvgIpc) is 3.33.